The molecule has 1 aliphatic heterocycles. The number of benzene rings is 1. The molecule has 0 saturated carbocycles. The predicted octanol–water partition coefficient (Wildman–Crippen LogP) is 2.73. The summed E-state index contributed by atoms with van der Waals surface area (Å²) in [7, 11) is 1.89. The van der Waals surface area contributed by atoms with Gasteiger partial charge in [0, 0.05) is 42.6 Å². The summed E-state index contributed by atoms with van der Waals surface area (Å²) >= 11 is 0. The highest BCUT2D eigenvalue weighted by Crippen LogP contribution is 2.36. The molecule has 1 aromatic carbocycles. The van der Waals surface area contributed by atoms with E-state index in [1.54, 1.807) is 4.68 Å². The summed E-state index contributed by atoms with van der Waals surface area (Å²) in [5.41, 5.74) is 5.26. The lowest BCUT2D eigenvalue weighted by Gasteiger charge is -2.24. The standard InChI is InChI=1S/C16H18N4/c1-11(2)20-5-4-12-6-13(8-17)15(7-16(12)20)14-9-18-19(3)10-14/h6-7,9-11H,4-5H2,1-3H3. The van der Waals surface area contributed by atoms with E-state index in [4.69, 9.17) is 0 Å². The maximum Gasteiger partial charge on any atom is 0.0998 e. The van der Waals surface area contributed by atoms with Gasteiger partial charge in [-0.05, 0) is 38.0 Å². The molecule has 0 bridgehead atoms. The van der Waals surface area contributed by atoms with Gasteiger partial charge in [0.1, 0.15) is 0 Å². The van der Waals surface area contributed by atoms with Gasteiger partial charge in [-0.1, -0.05) is 0 Å². The lowest BCUT2D eigenvalue weighted by atomic mass is 9.98. The van der Waals surface area contributed by atoms with E-state index in [9.17, 15) is 5.26 Å². The molecule has 0 unspecified atom stereocenters. The van der Waals surface area contributed by atoms with Crippen molar-refractivity contribution in [2.45, 2.75) is 26.3 Å². The SMILES string of the molecule is CC(C)N1CCc2cc(C#N)c(-c3cnn(C)c3)cc21. The van der Waals surface area contributed by atoms with E-state index in [0.29, 0.717) is 6.04 Å². The molecule has 20 heavy (non-hydrogen) atoms. The Morgan fingerprint density at radius 3 is 2.75 bits per heavy atom. The minimum Gasteiger partial charge on any atom is -0.369 e. The van der Waals surface area contributed by atoms with Crippen LogP contribution < -0.4 is 4.90 Å². The van der Waals surface area contributed by atoms with Gasteiger partial charge in [-0.2, -0.15) is 10.4 Å². The number of aryl methyl sites for hydroxylation is 1. The van der Waals surface area contributed by atoms with Crippen LogP contribution in [0.15, 0.2) is 24.5 Å². The van der Waals surface area contributed by atoms with Gasteiger partial charge in [0.05, 0.1) is 17.8 Å². The van der Waals surface area contributed by atoms with Crippen molar-refractivity contribution in [3.63, 3.8) is 0 Å². The van der Waals surface area contributed by atoms with Gasteiger partial charge >= 0.3 is 0 Å². The van der Waals surface area contributed by atoms with E-state index < -0.39 is 0 Å². The first-order valence-corrected chi connectivity index (χ1v) is 6.93. The van der Waals surface area contributed by atoms with Gasteiger partial charge in [-0.25, -0.2) is 0 Å². The lowest BCUT2D eigenvalue weighted by molar-refractivity contribution is 0.710. The Bertz CT molecular complexity index is 691. The van der Waals surface area contributed by atoms with E-state index in [1.165, 1.54) is 11.3 Å². The molecule has 0 radical (unpaired) electrons. The first kappa shape index (κ1) is 12.7. The van der Waals surface area contributed by atoms with Gasteiger partial charge in [0.25, 0.3) is 0 Å². The summed E-state index contributed by atoms with van der Waals surface area (Å²) in [4.78, 5) is 2.40. The molecule has 102 valence electrons. The van der Waals surface area contributed by atoms with Gasteiger partial charge < -0.3 is 4.90 Å². The summed E-state index contributed by atoms with van der Waals surface area (Å²) in [6.07, 6.45) is 4.80. The normalized spacial score (nSPS) is 13.7. The summed E-state index contributed by atoms with van der Waals surface area (Å²) in [6, 6.07) is 6.99. The second-order valence-corrected chi connectivity index (χ2v) is 5.58. The summed E-state index contributed by atoms with van der Waals surface area (Å²) in [5, 5.41) is 13.6. The number of rotatable bonds is 2. The Labute approximate surface area is 119 Å². The molecule has 1 aromatic heterocycles. The average molecular weight is 266 g/mol. The fourth-order valence-corrected chi connectivity index (χ4v) is 2.89. The Morgan fingerprint density at radius 2 is 2.15 bits per heavy atom. The first-order valence-electron chi connectivity index (χ1n) is 6.93. The first-order chi connectivity index (χ1) is 9.60. The van der Waals surface area contributed by atoms with E-state index in [-0.39, 0.29) is 0 Å². The van der Waals surface area contributed by atoms with Crippen molar-refractivity contribution in [3.05, 3.63) is 35.7 Å². The van der Waals surface area contributed by atoms with Gasteiger partial charge in [-0.3, -0.25) is 4.68 Å². The molecular weight excluding hydrogens is 248 g/mol. The molecule has 0 saturated heterocycles. The smallest absolute Gasteiger partial charge is 0.0998 e. The fraction of sp³-hybridized carbons (Fsp3) is 0.375. The van der Waals surface area contributed by atoms with Crippen LogP contribution in [0.4, 0.5) is 5.69 Å². The summed E-state index contributed by atoms with van der Waals surface area (Å²) < 4.78 is 1.77. The quantitative estimate of drug-likeness (QED) is 0.839. The highest BCUT2D eigenvalue weighted by Gasteiger charge is 2.23. The predicted molar refractivity (Wildman–Crippen MR) is 79.5 cm³/mol. The van der Waals surface area contributed by atoms with Crippen molar-refractivity contribution in [2.24, 2.45) is 7.05 Å². The minimum absolute atomic E-state index is 0.478. The number of aromatic nitrogens is 2. The van der Waals surface area contributed by atoms with Crippen molar-refractivity contribution >= 4 is 5.69 Å². The molecule has 4 nitrogen and oxygen atoms in total. The highest BCUT2D eigenvalue weighted by atomic mass is 15.2. The third kappa shape index (κ3) is 1.96. The topological polar surface area (TPSA) is 44.9 Å². The van der Waals surface area contributed by atoms with Crippen molar-refractivity contribution < 1.29 is 0 Å². The van der Waals surface area contributed by atoms with E-state index >= 15 is 0 Å². The molecule has 0 amide bonds. The average Bonchev–Trinajstić information content (AvgIpc) is 3.02. The van der Waals surface area contributed by atoms with Gasteiger partial charge in [0.2, 0.25) is 0 Å². The fourth-order valence-electron chi connectivity index (χ4n) is 2.89. The van der Waals surface area contributed by atoms with Crippen LogP contribution >= 0.6 is 0 Å². The Kier molecular flexibility index (Phi) is 2.98. The number of nitrogens with zero attached hydrogens (tertiary/aromatic N) is 4. The van der Waals surface area contributed by atoms with Crippen LogP contribution in [-0.2, 0) is 13.5 Å². The monoisotopic (exact) mass is 266 g/mol. The maximum absolute atomic E-state index is 9.40. The van der Waals surface area contributed by atoms with Crippen LogP contribution in [0.3, 0.4) is 0 Å². The second-order valence-electron chi connectivity index (χ2n) is 5.58. The molecule has 4 heteroatoms. The number of nitriles is 1. The Balaban J connectivity index is 2.16. The van der Waals surface area contributed by atoms with Gasteiger partial charge in [-0.15, -0.1) is 0 Å². The molecule has 2 aromatic rings. The summed E-state index contributed by atoms with van der Waals surface area (Å²) in [5.74, 6) is 0. The molecule has 0 spiro atoms. The molecule has 1 aliphatic rings. The van der Waals surface area contributed by atoms with Crippen molar-refractivity contribution in [2.75, 3.05) is 11.4 Å². The maximum atomic E-state index is 9.40. The van der Waals surface area contributed by atoms with Crippen molar-refractivity contribution in [1.82, 2.24) is 9.78 Å². The van der Waals surface area contributed by atoms with Crippen LogP contribution in [-0.4, -0.2) is 22.4 Å². The van der Waals surface area contributed by atoms with Crippen molar-refractivity contribution in [3.8, 4) is 17.2 Å². The second kappa shape index (κ2) is 4.68. The van der Waals surface area contributed by atoms with Crippen LogP contribution in [0.5, 0.6) is 0 Å². The van der Waals surface area contributed by atoms with E-state index in [2.05, 4.69) is 36.0 Å². The highest BCUT2D eigenvalue weighted by molar-refractivity contribution is 5.77. The Morgan fingerprint density at radius 1 is 1.35 bits per heavy atom. The van der Waals surface area contributed by atoms with Crippen molar-refractivity contribution in [1.29, 1.82) is 5.26 Å². The number of anilines is 1. The van der Waals surface area contributed by atoms with E-state index in [0.717, 1.165) is 29.7 Å². The zero-order valence-electron chi connectivity index (χ0n) is 12.1. The van der Waals surface area contributed by atoms with Crippen LogP contribution in [0.2, 0.25) is 0 Å². The minimum atomic E-state index is 0.478. The van der Waals surface area contributed by atoms with Crippen LogP contribution in [0.25, 0.3) is 11.1 Å². The summed E-state index contributed by atoms with van der Waals surface area (Å²) in [6.45, 7) is 5.45. The third-order valence-electron chi connectivity index (χ3n) is 3.91. The number of hydrogen-bond acceptors (Lipinski definition) is 3. The van der Waals surface area contributed by atoms with Crippen LogP contribution in [0, 0.1) is 11.3 Å². The molecule has 0 aliphatic carbocycles. The largest absolute Gasteiger partial charge is 0.369 e. The zero-order valence-corrected chi connectivity index (χ0v) is 12.1. The Hall–Kier alpha value is -2.28. The lowest BCUT2D eigenvalue weighted by Crippen LogP contribution is -2.28. The molecule has 0 fully saturated rings. The molecule has 0 N–H and O–H groups in total. The van der Waals surface area contributed by atoms with Crippen LogP contribution in [0.1, 0.15) is 25.0 Å². The number of fused-ring (bicyclic) bond motifs is 1. The zero-order chi connectivity index (χ0) is 14.3. The molecule has 0 atom stereocenters. The van der Waals surface area contributed by atoms with Gasteiger partial charge in [0.15, 0.2) is 0 Å². The molecule has 3 rings (SSSR count). The third-order valence-corrected chi connectivity index (χ3v) is 3.91. The molecular formula is C16H18N4. The number of hydrogen-bond donors (Lipinski definition) is 0. The van der Waals surface area contributed by atoms with E-state index in [1.807, 2.05) is 25.5 Å². The molecule has 2 heterocycles.